The Morgan fingerprint density at radius 1 is 0.368 bits per heavy atom. The third kappa shape index (κ3) is 36.8. The predicted octanol–water partition coefficient (Wildman–Crippen LogP) is 11.8. The summed E-state index contributed by atoms with van der Waals surface area (Å²) in [6.07, 6.45) is 2.57. The molecule has 3 heterocycles. The Balaban J connectivity index is 0.000000796. The van der Waals surface area contributed by atoms with Gasteiger partial charge in [0.2, 0.25) is 0 Å². The normalized spacial score (nSPS) is 9.93. The molecular formula is C94H99LiN6O20Y4-4. The van der Waals surface area contributed by atoms with Gasteiger partial charge in [0.05, 0.1) is 83.9 Å². The van der Waals surface area contributed by atoms with Crippen molar-refractivity contribution in [3.63, 3.8) is 0 Å². The fourth-order valence-corrected chi connectivity index (χ4v) is 12.0. The van der Waals surface area contributed by atoms with Crippen LogP contribution in [0.5, 0.6) is 17.2 Å². The average Bonchev–Trinajstić information content (AvgIpc) is 1.67. The molecule has 0 amide bonds. The molecule has 0 atom stereocenters. The first-order valence-electron chi connectivity index (χ1n) is 38.4. The molecule has 0 aliphatic rings. The number of hydrogen-bond acceptors (Lipinski definition) is 20. The molecule has 0 aliphatic carbocycles. The Morgan fingerprint density at radius 2 is 0.680 bits per heavy atom. The number of ether oxygens (including phenoxy) is 6. The second-order valence-electron chi connectivity index (χ2n) is 26.4. The van der Waals surface area contributed by atoms with Gasteiger partial charge in [0.15, 0.2) is 5.78 Å². The van der Waals surface area contributed by atoms with Crippen molar-refractivity contribution in [3.05, 3.63) is 281 Å². The van der Waals surface area contributed by atoms with E-state index in [0.717, 1.165) is 85.0 Å². The van der Waals surface area contributed by atoms with Crippen molar-refractivity contribution < 1.29 is 247 Å². The summed E-state index contributed by atoms with van der Waals surface area (Å²) in [5.74, 6) is -1.49. The number of rotatable bonds is 36. The minimum Gasteiger partial charge on any atom is -0.870 e. The van der Waals surface area contributed by atoms with Crippen LogP contribution < -0.4 is 49.4 Å². The minimum atomic E-state index is -1.00. The number of carbonyl (C=O) groups excluding carboxylic acids is 7. The van der Waals surface area contributed by atoms with E-state index in [1.807, 2.05) is 150 Å². The van der Waals surface area contributed by atoms with E-state index >= 15 is 0 Å². The number of aromatic nitrogens is 3. The Hall–Kier alpha value is -8.81. The van der Waals surface area contributed by atoms with Crippen LogP contribution in [-0.4, -0.2) is 162 Å². The summed E-state index contributed by atoms with van der Waals surface area (Å²) in [6, 6.07) is 74.0. The van der Waals surface area contributed by atoms with Gasteiger partial charge in [0.1, 0.15) is 34.6 Å². The number of nitrogens with one attached hydrogen (secondary N) is 2. The number of benzene rings is 8. The number of carboxylic acids is 3. The van der Waals surface area contributed by atoms with E-state index in [1.54, 1.807) is 105 Å². The summed E-state index contributed by atoms with van der Waals surface area (Å²) in [4.78, 5) is 115. The smallest absolute Gasteiger partial charge is 0.870 e. The predicted molar refractivity (Wildman–Crippen MR) is 453 cm³/mol. The first-order valence-corrected chi connectivity index (χ1v) is 38.4. The molecule has 31 heteroatoms. The zero-order valence-corrected chi connectivity index (χ0v) is 83.1. The van der Waals surface area contributed by atoms with Crippen molar-refractivity contribution in [1.29, 1.82) is 0 Å². The number of nitrogen functional groups attached to an aromatic ring is 1. The Kier molecular flexibility index (Phi) is 55.5. The molecule has 0 bridgehead atoms. The molecule has 26 nitrogen and oxygen atoms in total. The van der Waals surface area contributed by atoms with Crippen LogP contribution in [0.4, 0.5) is 5.69 Å². The molecule has 8 aromatic carbocycles. The number of ketones is 4. The molecule has 0 saturated carbocycles. The monoisotopic (exact) mass is 1990 g/mol. The maximum atomic E-state index is 12.1. The number of likely N-dealkylation sites (N-methyl/N-ethyl adjacent to an activating group) is 2. The zero-order chi connectivity index (χ0) is 86.3. The number of methoxy groups -OCH3 is 3. The molecule has 11 rings (SSSR count). The first kappa shape index (κ1) is 114. The molecule has 8 N–H and O–H groups in total. The van der Waals surface area contributed by atoms with Gasteiger partial charge in [-0.15, -0.1) is 24.3 Å². The van der Waals surface area contributed by atoms with Crippen LogP contribution in [0, 0.1) is 31.2 Å². The van der Waals surface area contributed by atoms with Crippen molar-refractivity contribution in [2.24, 2.45) is 0 Å². The molecule has 0 unspecified atom stereocenters. The number of carbonyl (C=O) groups is 10. The number of nitrogens with two attached hydrogens (primary N) is 1. The van der Waals surface area contributed by atoms with Gasteiger partial charge < -0.3 is 88.9 Å². The van der Waals surface area contributed by atoms with Crippen LogP contribution in [-0.2, 0) is 188 Å². The molecule has 0 spiro atoms. The molecule has 0 aliphatic heterocycles. The number of carboxylic acid groups (broad SMARTS) is 3. The Bertz CT molecular complexity index is 5180. The quantitative estimate of drug-likeness (QED) is 0.00530. The Morgan fingerprint density at radius 3 is 0.976 bits per heavy atom. The fraction of sp³-hybridized carbons (Fsp3) is 0.255. The van der Waals surface area contributed by atoms with Crippen LogP contribution >= 0.6 is 0 Å². The van der Waals surface area contributed by atoms with E-state index < -0.39 is 17.9 Å². The largest absolute Gasteiger partial charge is 1.00 e. The van der Waals surface area contributed by atoms with Gasteiger partial charge in [-0.3, -0.25) is 38.4 Å². The van der Waals surface area contributed by atoms with Crippen LogP contribution in [0.2, 0.25) is 0 Å². The SMILES string of the molecule is CCOC(=O)CCC(=O)CCC(=O)c1ccc(C)cc1.CCOC(=O)CCc1ccc(-c2ccc(OC)cc2)n1-c1[c-]cc(C(=O)CNC)cc1.CCOC(=O)CCc1ccc(-c2ccc(OC)cc2)n1-c1[c-]cc(C(=O)O)cc1.CNCC(=O)c1c[c-]c(-n2c(CCC(=O)O)ccc2-c2ccc(OC)cc2)cc1.Nc1[c-]cc(C(=O)O)cc1.[Li+].[OH-].[Y].[Y].[Y].[Y]. The van der Waals surface area contributed by atoms with Crippen LogP contribution in [0.3, 0.4) is 0 Å². The maximum absolute atomic E-state index is 12.1. The van der Waals surface area contributed by atoms with Gasteiger partial charge in [-0.1, -0.05) is 74.8 Å². The summed E-state index contributed by atoms with van der Waals surface area (Å²) >= 11 is 0. The van der Waals surface area contributed by atoms with Crippen LogP contribution in [0.1, 0.15) is 140 Å². The number of aliphatic carboxylic acids is 1. The minimum absolute atomic E-state index is 0. The third-order valence-electron chi connectivity index (χ3n) is 18.1. The molecular weight excluding hydrogens is 1900 g/mol. The second-order valence-corrected chi connectivity index (χ2v) is 26.4. The molecule has 642 valence electrons. The number of aromatic carboxylic acids is 2. The number of esters is 3. The maximum Gasteiger partial charge on any atom is 1.00 e. The van der Waals surface area contributed by atoms with Crippen LogP contribution in [0.25, 0.3) is 50.8 Å². The summed E-state index contributed by atoms with van der Waals surface area (Å²) < 4.78 is 36.6. The van der Waals surface area contributed by atoms with E-state index in [2.05, 4.69) is 39.5 Å². The van der Waals surface area contributed by atoms with Crippen molar-refractivity contribution >= 4 is 64.6 Å². The first-order chi connectivity index (χ1) is 57.3. The number of hydrogen-bond donors (Lipinski definition) is 6. The fourth-order valence-electron chi connectivity index (χ4n) is 12.0. The zero-order valence-electron chi connectivity index (χ0n) is 71.8. The standard InChI is InChI=1S/C25H27N2O4.C23H23N2O4.C23H22NO5.C16H20O4.C7H6NO2.Li.H2O.4Y/c1-4-31-25(29)16-12-21-11-15-23(18-7-13-22(30-3)14-8-18)27(21)20-9-5-19(6-10-20)24(28)17-26-2;1-24-15-22(26)17-3-7-18(8-4-17)25-19(10-14-23(27)28)9-13-21(25)16-5-11-20(29-2)12-6-16;1-3-29-22(25)15-11-19-10-14-21(16-6-12-20(28-2)13-7-16)24(19)18-8-4-17(5-9-18)23(26)27;1-3-20-16(19)11-9-14(17)8-10-15(18)13-6-4-12(2)5-7-13;8-6-3-1-5(2-4-6)7(9)10;;;;;;/h5-9,11,13-15,26H,4,12,16-17H2,1-3H3;3-7,9,11-13,24H,10,14-15H2,1-2H3,(H,27,28);4-8,10,12-14H,3,11,15H2,1-2H3,(H,26,27);4-7H,3,8-11H2,1-2H3;1-3H,8H2,(H,9,10);;1H2;;;;/q3*-1;;-1;+1;;;;;/p-1. The molecule has 11 aromatic rings. The summed E-state index contributed by atoms with van der Waals surface area (Å²) in [7, 11) is 8.34. The topological polar surface area (TPSA) is 382 Å². The van der Waals surface area contributed by atoms with E-state index in [1.165, 1.54) is 24.3 Å². The van der Waals surface area contributed by atoms with Gasteiger partial charge in [0.25, 0.3) is 11.9 Å². The summed E-state index contributed by atoms with van der Waals surface area (Å²) in [5, 5.41) is 32.4. The van der Waals surface area contributed by atoms with Crippen molar-refractivity contribution in [3.8, 4) is 68.1 Å². The van der Waals surface area contributed by atoms with E-state index in [0.29, 0.717) is 73.6 Å². The number of anilines is 1. The van der Waals surface area contributed by atoms with Gasteiger partial charge in [-0.25, -0.2) is 0 Å². The van der Waals surface area contributed by atoms with Gasteiger partial charge >= 0.3 is 42.7 Å². The second kappa shape index (κ2) is 60.8. The molecule has 0 fully saturated rings. The molecule has 125 heavy (non-hydrogen) atoms. The molecule has 4 radical (unpaired) electrons. The van der Waals surface area contributed by atoms with E-state index in [4.69, 9.17) is 49.5 Å². The summed E-state index contributed by atoms with van der Waals surface area (Å²) in [5.41, 5.74) is 19.7. The van der Waals surface area contributed by atoms with Gasteiger partial charge in [-0.05, 0) is 187 Å². The van der Waals surface area contributed by atoms with E-state index in [9.17, 15) is 47.9 Å². The molecule has 0 saturated heterocycles. The van der Waals surface area contributed by atoms with Crippen molar-refractivity contribution in [1.82, 2.24) is 24.3 Å². The van der Waals surface area contributed by atoms with E-state index in [-0.39, 0.29) is 259 Å². The average molecular weight is 2000 g/mol. The van der Waals surface area contributed by atoms with Crippen LogP contribution in [0.15, 0.2) is 206 Å². The third-order valence-corrected chi connectivity index (χ3v) is 18.1. The number of nitrogens with zero attached hydrogens (tertiary/aromatic N) is 3. The summed E-state index contributed by atoms with van der Waals surface area (Å²) in [6.45, 7) is 8.83. The van der Waals surface area contributed by atoms with Gasteiger partial charge in [0, 0.05) is 186 Å². The van der Waals surface area contributed by atoms with Gasteiger partial charge in [-0.2, -0.15) is 72.8 Å². The van der Waals surface area contributed by atoms with Crippen molar-refractivity contribution in [2.45, 2.75) is 91.9 Å². The molecule has 3 aromatic heterocycles. The van der Waals surface area contributed by atoms with Crippen molar-refractivity contribution in [2.75, 3.05) is 74.1 Å². The Labute approximate surface area is 841 Å². The number of aryl methyl sites for hydroxylation is 4. The number of Topliss-reactive ketones (excluding diaryl/α,β-unsaturated/α-hetero) is 4.